The molecule has 4 heteroatoms. The third-order valence-electron chi connectivity index (χ3n) is 3.75. The van der Waals surface area contributed by atoms with Crippen molar-refractivity contribution in [3.63, 3.8) is 0 Å². The van der Waals surface area contributed by atoms with Crippen LogP contribution in [0.2, 0.25) is 0 Å². The van der Waals surface area contributed by atoms with E-state index in [1.54, 1.807) is 12.5 Å². The SMILES string of the molecule is NCC1CCCCC1Oc1nccc2occc12. The minimum atomic E-state index is 0.191. The molecule has 0 spiro atoms. The first kappa shape index (κ1) is 11.5. The van der Waals surface area contributed by atoms with Crippen molar-refractivity contribution in [2.45, 2.75) is 31.8 Å². The van der Waals surface area contributed by atoms with Gasteiger partial charge in [-0.3, -0.25) is 0 Å². The summed E-state index contributed by atoms with van der Waals surface area (Å²) in [5.41, 5.74) is 6.64. The normalized spacial score (nSPS) is 24.3. The average Bonchev–Trinajstić information content (AvgIpc) is 2.89. The Balaban J connectivity index is 1.84. The van der Waals surface area contributed by atoms with E-state index in [4.69, 9.17) is 14.9 Å². The van der Waals surface area contributed by atoms with E-state index in [0.29, 0.717) is 18.3 Å². The Hall–Kier alpha value is -1.55. The van der Waals surface area contributed by atoms with Crippen LogP contribution in [0.4, 0.5) is 0 Å². The van der Waals surface area contributed by atoms with Crippen molar-refractivity contribution in [1.82, 2.24) is 4.98 Å². The smallest absolute Gasteiger partial charge is 0.224 e. The van der Waals surface area contributed by atoms with E-state index in [0.717, 1.165) is 23.8 Å². The molecule has 96 valence electrons. The van der Waals surface area contributed by atoms with Crippen molar-refractivity contribution in [1.29, 1.82) is 0 Å². The Morgan fingerprint density at radius 3 is 3.11 bits per heavy atom. The minimum absolute atomic E-state index is 0.191. The van der Waals surface area contributed by atoms with Gasteiger partial charge >= 0.3 is 0 Å². The van der Waals surface area contributed by atoms with Crippen LogP contribution in [-0.4, -0.2) is 17.6 Å². The summed E-state index contributed by atoms with van der Waals surface area (Å²) in [7, 11) is 0. The fourth-order valence-electron chi connectivity index (χ4n) is 2.70. The van der Waals surface area contributed by atoms with Crippen molar-refractivity contribution in [3.8, 4) is 5.88 Å². The van der Waals surface area contributed by atoms with E-state index in [9.17, 15) is 0 Å². The quantitative estimate of drug-likeness (QED) is 0.904. The lowest BCUT2D eigenvalue weighted by molar-refractivity contribution is 0.0940. The van der Waals surface area contributed by atoms with Gasteiger partial charge in [0.2, 0.25) is 5.88 Å². The molecule has 0 aliphatic heterocycles. The minimum Gasteiger partial charge on any atom is -0.473 e. The second-order valence-corrected chi connectivity index (χ2v) is 4.89. The van der Waals surface area contributed by atoms with E-state index in [1.807, 2.05) is 12.1 Å². The van der Waals surface area contributed by atoms with Gasteiger partial charge in [0, 0.05) is 12.1 Å². The third kappa shape index (κ3) is 2.08. The number of hydrogen-bond acceptors (Lipinski definition) is 4. The molecule has 3 rings (SSSR count). The molecule has 4 nitrogen and oxygen atoms in total. The van der Waals surface area contributed by atoms with Crippen LogP contribution in [0, 0.1) is 5.92 Å². The molecule has 2 heterocycles. The molecule has 2 atom stereocenters. The van der Waals surface area contributed by atoms with Crippen molar-refractivity contribution < 1.29 is 9.15 Å². The maximum absolute atomic E-state index is 6.08. The Labute approximate surface area is 106 Å². The van der Waals surface area contributed by atoms with Crippen LogP contribution < -0.4 is 10.5 Å². The van der Waals surface area contributed by atoms with Crippen LogP contribution in [-0.2, 0) is 0 Å². The predicted octanol–water partition coefficient (Wildman–Crippen LogP) is 2.72. The summed E-state index contributed by atoms with van der Waals surface area (Å²) in [5.74, 6) is 1.12. The molecule has 0 bridgehead atoms. The van der Waals surface area contributed by atoms with Crippen LogP contribution in [0.25, 0.3) is 11.0 Å². The highest BCUT2D eigenvalue weighted by Crippen LogP contribution is 2.30. The molecule has 2 N–H and O–H groups in total. The molecule has 2 unspecified atom stereocenters. The Morgan fingerprint density at radius 2 is 2.22 bits per heavy atom. The molecule has 1 aliphatic carbocycles. The second-order valence-electron chi connectivity index (χ2n) is 4.89. The van der Waals surface area contributed by atoms with Gasteiger partial charge in [-0.2, -0.15) is 0 Å². The van der Waals surface area contributed by atoms with Crippen LogP contribution in [0.15, 0.2) is 29.0 Å². The summed E-state index contributed by atoms with van der Waals surface area (Å²) in [6, 6.07) is 3.75. The van der Waals surface area contributed by atoms with Gasteiger partial charge in [-0.25, -0.2) is 4.98 Å². The number of nitrogens with two attached hydrogens (primary N) is 1. The largest absolute Gasteiger partial charge is 0.473 e. The van der Waals surface area contributed by atoms with Crippen LogP contribution in [0.1, 0.15) is 25.7 Å². The number of ether oxygens (including phenoxy) is 1. The van der Waals surface area contributed by atoms with Crippen LogP contribution in [0.5, 0.6) is 5.88 Å². The van der Waals surface area contributed by atoms with Gasteiger partial charge < -0.3 is 14.9 Å². The summed E-state index contributed by atoms with van der Waals surface area (Å²) >= 11 is 0. The summed E-state index contributed by atoms with van der Waals surface area (Å²) in [6.07, 6.45) is 8.27. The van der Waals surface area contributed by atoms with Gasteiger partial charge in [-0.15, -0.1) is 0 Å². The molecule has 18 heavy (non-hydrogen) atoms. The van der Waals surface area contributed by atoms with E-state index in [2.05, 4.69) is 4.98 Å². The summed E-state index contributed by atoms with van der Waals surface area (Å²) < 4.78 is 11.4. The van der Waals surface area contributed by atoms with E-state index in [1.165, 1.54) is 12.8 Å². The van der Waals surface area contributed by atoms with Crippen LogP contribution >= 0.6 is 0 Å². The fraction of sp³-hybridized carbons (Fsp3) is 0.500. The molecular formula is C14H18N2O2. The maximum Gasteiger partial charge on any atom is 0.224 e. The number of hydrogen-bond donors (Lipinski definition) is 1. The maximum atomic E-state index is 6.08. The van der Waals surface area contributed by atoms with Crippen molar-refractivity contribution in [2.24, 2.45) is 11.7 Å². The van der Waals surface area contributed by atoms with Gasteiger partial charge in [0.1, 0.15) is 11.7 Å². The number of furan rings is 1. The lowest BCUT2D eigenvalue weighted by Gasteiger charge is -2.30. The van der Waals surface area contributed by atoms with Gasteiger partial charge in [-0.1, -0.05) is 6.42 Å². The van der Waals surface area contributed by atoms with Gasteiger partial charge in [0.05, 0.1) is 11.6 Å². The highest BCUT2D eigenvalue weighted by Gasteiger charge is 2.26. The molecule has 1 fully saturated rings. The zero-order chi connectivity index (χ0) is 12.4. The predicted molar refractivity (Wildman–Crippen MR) is 69.4 cm³/mol. The third-order valence-corrected chi connectivity index (χ3v) is 3.75. The van der Waals surface area contributed by atoms with Crippen molar-refractivity contribution in [3.05, 3.63) is 24.6 Å². The summed E-state index contributed by atoms with van der Waals surface area (Å²) in [5, 5.41) is 0.943. The molecule has 0 amide bonds. The lowest BCUT2D eigenvalue weighted by atomic mass is 9.86. The number of aromatic nitrogens is 1. The zero-order valence-corrected chi connectivity index (χ0v) is 10.3. The monoisotopic (exact) mass is 246 g/mol. The molecule has 2 aromatic heterocycles. The highest BCUT2D eigenvalue weighted by atomic mass is 16.5. The van der Waals surface area contributed by atoms with E-state index < -0.39 is 0 Å². The number of nitrogens with zero attached hydrogens (tertiary/aromatic N) is 1. The lowest BCUT2D eigenvalue weighted by Crippen LogP contribution is -2.35. The Kier molecular flexibility index (Phi) is 3.19. The first-order chi connectivity index (χ1) is 8.88. The molecule has 0 aromatic carbocycles. The second kappa shape index (κ2) is 4.98. The molecule has 2 aromatic rings. The number of fused-ring (bicyclic) bond motifs is 1. The fourth-order valence-corrected chi connectivity index (χ4v) is 2.70. The molecule has 0 radical (unpaired) electrons. The number of pyridine rings is 1. The standard InChI is InChI=1S/C14H18N2O2/c15-9-10-3-1-2-4-12(10)18-14-11-6-8-17-13(11)5-7-16-14/h5-8,10,12H,1-4,9,15H2. The average molecular weight is 246 g/mol. The van der Waals surface area contributed by atoms with E-state index >= 15 is 0 Å². The highest BCUT2D eigenvalue weighted by molar-refractivity contribution is 5.81. The Morgan fingerprint density at radius 1 is 1.33 bits per heavy atom. The van der Waals surface area contributed by atoms with Gasteiger partial charge in [0.15, 0.2) is 0 Å². The molecular weight excluding hydrogens is 228 g/mol. The van der Waals surface area contributed by atoms with Gasteiger partial charge in [-0.05, 0) is 37.9 Å². The zero-order valence-electron chi connectivity index (χ0n) is 10.3. The summed E-state index contributed by atoms with van der Waals surface area (Å²) in [4.78, 5) is 4.32. The molecule has 1 saturated carbocycles. The Bertz CT molecular complexity index is 523. The van der Waals surface area contributed by atoms with E-state index in [-0.39, 0.29) is 6.10 Å². The van der Waals surface area contributed by atoms with Crippen molar-refractivity contribution in [2.75, 3.05) is 6.54 Å². The van der Waals surface area contributed by atoms with Crippen molar-refractivity contribution >= 4 is 11.0 Å². The summed E-state index contributed by atoms with van der Waals surface area (Å²) in [6.45, 7) is 0.687. The number of rotatable bonds is 3. The molecule has 1 aliphatic rings. The van der Waals surface area contributed by atoms with Crippen LogP contribution in [0.3, 0.4) is 0 Å². The first-order valence-electron chi connectivity index (χ1n) is 6.57. The first-order valence-corrected chi connectivity index (χ1v) is 6.57. The molecule has 0 saturated heterocycles. The van der Waals surface area contributed by atoms with Gasteiger partial charge in [0.25, 0.3) is 0 Å². The topological polar surface area (TPSA) is 61.3 Å².